The van der Waals surface area contributed by atoms with Gasteiger partial charge in [-0.3, -0.25) is 0 Å². The second kappa shape index (κ2) is 6.27. The smallest absolute Gasteiger partial charge is 0.158 e. The summed E-state index contributed by atoms with van der Waals surface area (Å²) in [6, 6.07) is 7.19. The van der Waals surface area contributed by atoms with Crippen LogP contribution in [0.4, 0.5) is 0 Å². The van der Waals surface area contributed by atoms with E-state index in [0.29, 0.717) is 10.6 Å². The van der Waals surface area contributed by atoms with Gasteiger partial charge in [0, 0.05) is 11.1 Å². The maximum absolute atomic E-state index is 12.8. The zero-order chi connectivity index (χ0) is 15.7. The molecule has 0 radical (unpaired) electrons. The first-order chi connectivity index (χ1) is 9.78. The Morgan fingerprint density at radius 3 is 2.62 bits per heavy atom. The molecule has 1 aromatic rings. The van der Waals surface area contributed by atoms with Crippen LogP contribution in [0.1, 0.15) is 39.2 Å². The van der Waals surface area contributed by atoms with Crippen molar-refractivity contribution in [2.24, 2.45) is 5.41 Å². The summed E-state index contributed by atoms with van der Waals surface area (Å²) < 4.78 is 25.7. The first kappa shape index (κ1) is 16.8. The van der Waals surface area contributed by atoms with Crippen LogP contribution in [0.2, 0.25) is 5.02 Å². The molecule has 1 aliphatic carbocycles. The van der Waals surface area contributed by atoms with Gasteiger partial charge in [0.2, 0.25) is 0 Å². The van der Waals surface area contributed by atoms with Crippen molar-refractivity contribution in [2.45, 2.75) is 50.7 Å². The summed E-state index contributed by atoms with van der Waals surface area (Å²) >= 11 is 6.11. The first-order valence-corrected chi connectivity index (χ1v) is 9.55. The molecule has 5 heteroatoms. The van der Waals surface area contributed by atoms with Crippen molar-refractivity contribution in [3.8, 4) is 0 Å². The predicted molar refractivity (Wildman–Crippen MR) is 88.3 cm³/mol. The van der Waals surface area contributed by atoms with Crippen LogP contribution in [-0.4, -0.2) is 26.3 Å². The number of hydrogen-bond acceptors (Lipinski definition) is 3. The van der Waals surface area contributed by atoms with Gasteiger partial charge in [-0.2, -0.15) is 0 Å². The molecule has 0 aromatic heterocycles. The molecular weight excluding hydrogens is 306 g/mol. The lowest BCUT2D eigenvalue weighted by Crippen LogP contribution is -2.47. The number of rotatable bonds is 5. The number of nitrogens with one attached hydrogen (secondary N) is 1. The molecule has 0 bridgehead atoms. The van der Waals surface area contributed by atoms with Gasteiger partial charge in [0.15, 0.2) is 9.84 Å². The Labute approximate surface area is 133 Å². The van der Waals surface area contributed by atoms with E-state index in [1.165, 1.54) is 0 Å². The lowest BCUT2D eigenvalue weighted by molar-refractivity contribution is 0.288. The van der Waals surface area contributed by atoms with Gasteiger partial charge >= 0.3 is 0 Å². The van der Waals surface area contributed by atoms with E-state index < -0.39 is 9.84 Å². The normalized spacial score (nSPS) is 25.1. The fraction of sp³-hybridized carbons (Fsp3) is 0.625. The maximum Gasteiger partial charge on any atom is 0.158 e. The summed E-state index contributed by atoms with van der Waals surface area (Å²) in [6.07, 6.45) is 1.65. The van der Waals surface area contributed by atoms with Crippen LogP contribution < -0.4 is 5.32 Å². The van der Waals surface area contributed by atoms with Crippen LogP contribution in [0.5, 0.6) is 0 Å². The summed E-state index contributed by atoms with van der Waals surface area (Å²) in [4.78, 5) is 0. The summed E-state index contributed by atoms with van der Waals surface area (Å²) in [5, 5.41) is 3.58. The van der Waals surface area contributed by atoms with Gasteiger partial charge < -0.3 is 5.32 Å². The monoisotopic (exact) mass is 329 g/mol. The first-order valence-electron chi connectivity index (χ1n) is 7.46. The topological polar surface area (TPSA) is 46.2 Å². The Hall–Kier alpha value is -0.580. The van der Waals surface area contributed by atoms with Gasteiger partial charge in [-0.05, 0) is 36.4 Å². The van der Waals surface area contributed by atoms with E-state index in [2.05, 4.69) is 19.2 Å². The van der Waals surface area contributed by atoms with Crippen molar-refractivity contribution in [3.63, 3.8) is 0 Å². The zero-order valence-electron chi connectivity index (χ0n) is 12.9. The van der Waals surface area contributed by atoms with E-state index >= 15 is 0 Å². The Morgan fingerprint density at radius 1 is 1.33 bits per heavy atom. The van der Waals surface area contributed by atoms with Crippen molar-refractivity contribution in [1.29, 1.82) is 0 Å². The third-order valence-electron chi connectivity index (χ3n) is 4.49. The van der Waals surface area contributed by atoms with Crippen LogP contribution in [0.15, 0.2) is 24.3 Å². The fourth-order valence-corrected chi connectivity index (χ4v) is 5.83. The molecular formula is C16H24ClNO2S. The molecule has 118 valence electrons. The SMILES string of the molecule is CCNC1C(S(=O)(=O)Cc2ccccc2Cl)CCC1(C)C. The summed E-state index contributed by atoms with van der Waals surface area (Å²) in [5.74, 6) is 0.0231. The average molecular weight is 330 g/mol. The third kappa shape index (κ3) is 3.61. The molecule has 0 aliphatic heterocycles. The van der Waals surface area contributed by atoms with Crippen LogP contribution in [0.25, 0.3) is 0 Å². The molecule has 0 heterocycles. The molecule has 0 saturated heterocycles. The summed E-state index contributed by atoms with van der Waals surface area (Å²) in [6.45, 7) is 7.09. The lowest BCUT2D eigenvalue weighted by atomic mass is 9.87. The average Bonchev–Trinajstić information content (AvgIpc) is 2.69. The van der Waals surface area contributed by atoms with Gasteiger partial charge in [0.05, 0.1) is 11.0 Å². The minimum Gasteiger partial charge on any atom is -0.312 e. The van der Waals surface area contributed by atoms with Crippen molar-refractivity contribution >= 4 is 21.4 Å². The fourth-order valence-electron chi connectivity index (χ4n) is 3.29. The highest BCUT2D eigenvalue weighted by Crippen LogP contribution is 2.41. The van der Waals surface area contributed by atoms with E-state index in [1.54, 1.807) is 12.1 Å². The van der Waals surface area contributed by atoms with Crippen LogP contribution in [0.3, 0.4) is 0 Å². The molecule has 1 N–H and O–H groups in total. The van der Waals surface area contributed by atoms with E-state index in [4.69, 9.17) is 11.6 Å². The molecule has 1 aromatic carbocycles. The number of halogens is 1. The van der Waals surface area contributed by atoms with Crippen LogP contribution in [0, 0.1) is 5.41 Å². The molecule has 1 aliphatic rings. The molecule has 1 saturated carbocycles. The van der Waals surface area contributed by atoms with Gasteiger partial charge in [-0.15, -0.1) is 0 Å². The maximum atomic E-state index is 12.8. The molecule has 0 spiro atoms. The minimum atomic E-state index is -3.22. The van der Waals surface area contributed by atoms with Crippen molar-refractivity contribution in [1.82, 2.24) is 5.32 Å². The standard InChI is InChI=1S/C16H24ClNO2S/c1-4-18-15-14(9-10-16(15,2)3)21(19,20)11-12-7-5-6-8-13(12)17/h5-8,14-15,18H,4,9-11H2,1-3H3. The van der Waals surface area contributed by atoms with Crippen LogP contribution >= 0.6 is 11.6 Å². The molecule has 2 rings (SSSR count). The highest BCUT2D eigenvalue weighted by atomic mass is 35.5. The van der Waals surface area contributed by atoms with Crippen molar-refractivity contribution < 1.29 is 8.42 Å². The highest BCUT2D eigenvalue weighted by molar-refractivity contribution is 7.91. The van der Waals surface area contributed by atoms with Gasteiger partial charge in [-0.25, -0.2) is 8.42 Å². The van der Waals surface area contributed by atoms with Crippen molar-refractivity contribution in [3.05, 3.63) is 34.9 Å². The zero-order valence-corrected chi connectivity index (χ0v) is 14.5. The Bertz CT molecular complexity index is 598. The largest absolute Gasteiger partial charge is 0.312 e. The van der Waals surface area contributed by atoms with E-state index in [0.717, 1.165) is 19.4 Å². The molecule has 1 fully saturated rings. The lowest BCUT2D eigenvalue weighted by Gasteiger charge is -2.31. The number of benzene rings is 1. The predicted octanol–water partition coefficient (Wildman–Crippen LogP) is 3.42. The number of sulfone groups is 1. The molecule has 0 amide bonds. The van der Waals surface area contributed by atoms with Crippen LogP contribution in [-0.2, 0) is 15.6 Å². The summed E-state index contributed by atoms with van der Waals surface area (Å²) in [7, 11) is -3.22. The van der Waals surface area contributed by atoms with Crippen molar-refractivity contribution in [2.75, 3.05) is 6.54 Å². The molecule has 21 heavy (non-hydrogen) atoms. The second-order valence-electron chi connectivity index (χ2n) is 6.50. The molecule has 2 atom stereocenters. The molecule has 3 nitrogen and oxygen atoms in total. The van der Waals surface area contributed by atoms with E-state index in [1.807, 2.05) is 19.1 Å². The second-order valence-corrected chi connectivity index (χ2v) is 9.13. The Kier molecular flexibility index (Phi) is 5.01. The van der Waals surface area contributed by atoms with Gasteiger partial charge in [-0.1, -0.05) is 50.6 Å². The Morgan fingerprint density at radius 2 is 2.00 bits per heavy atom. The minimum absolute atomic E-state index is 0.00816. The quantitative estimate of drug-likeness (QED) is 0.900. The van der Waals surface area contributed by atoms with Gasteiger partial charge in [0.25, 0.3) is 0 Å². The van der Waals surface area contributed by atoms with E-state index in [-0.39, 0.29) is 22.5 Å². The number of hydrogen-bond donors (Lipinski definition) is 1. The third-order valence-corrected chi connectivity index (χ3v) is 7.00. The molecule has 2 unspecified atom stereocenters. The summed E-state index contributed by atoms with van der Waals surface area (Å²) in [5.41, 5.74) is 0.702. The highest BCUT2D eigenvalue weighted by Gasteiger charge is 2.47. The Balaban J connectivity index is 2.25. The van der Waals surface area contributed by atoms with Gasteiger partial charge in [0.1, 0.15) is 0 Å². The van der Waals surface area contributed by atoms with E-state index in [9.17, 15) is 8.42 Å².